The third-order valence-corrected chi connectivity index (χ3v) is 1.28. The summed E-state index contributed by atoms with van der Waals surface area (Å²) >= 11 is 0. The molecule has 10 heavy (non-hydrogen) atoms. The van der Waals surface area contributed by atoms with Gasteiger partial charge in [-0.2, -0.15) is 6.41 Å². The topological polar surface area (TPSA) is 29.1 Å². The van der Waals surface area contributed by atoms with Gasteiger partial charge in [-0.3, -0.25) is 0 Å². The Morgan fingerprint density at radius 1 is 1.50 bits per heavy atom. The quantitative estimate of drug-likeness (QED) is 0.539. The smallest absolute Gasteiger partial charge is 0 e. The monoisotopic (exact) mass is 216 g/mol. The second-order valence-electron chi connectivity index (χ2n) is 3.17. The van der Waals surface area contributed by atoms with Crippen LogP contribution in [0, 0.1) is 12.3 Å². The Bertz CT molecular complexity index is 98.3. The summed E-state index contributed by atoms with van der Waals surface area (Å²) in [7, 11) is 0. The molecule has 0 aromatic heterocycles. The Balaban J connectivity index is 0. The van der Waals surface area contributed by atoms with Crippen LogP contribution in [0.3, 0.4) is 0 Å². The zero-order valence-electron chi connectivity index (χ0n) is 6.77. The molecule has 0 aromatic carbocycles. The van der Waals surface area contributed by atoms with E-state index in [-0.39, 0.29) is 44.2 Å². The molecule has 0 aliphatic rings. The van der Waals surface area contributed by atoms with Gasteiger partial charge in [0.1, 0.15) is 0 Å². The molecule has 0 aromatic rings. The van der Waals surface area contributed by atoms with Gasteiger partial charge < -0.3 is 17.0 Å². The van der Waals surface area contributed by atoms with Crippen molar-refractivity contribution in [3.8, 4) is 0 Å². The molecule has 0 bridgehead atoms. The van der Waals surface area contributed by atoms with Crippen molar-refractivity contribution in [2.24, 2.45) is 5.41 Å². The van der Waals surface area contributed by atoms with E-state index >= 15 is 0 Å². The van der Waals surface area contributed by atoms with Crippen molar-refractivity contribution in [3.63, 3.8) is 0 Å². The third-order valence-electron chi connectivity index (χ3n) is 1.28. The van der Waals surface area contributed by atoms with Crippen molar-refractivity contribution in [1.82, 2.24) is 5.32 Å². The van der Waals surface area contributed by atoms with Gasteiger partial charge in [-0.25, -0.2) is 0 Å². The van der Waals surface area contributed by atoms with Crippen molar-refractivity contribution in [2.45, 2.75) is 26.8 Å². The Hall–Kier alpha value is 0.574. The summed E-state index contributed by atoms with van der Waals surface area (Å²) in [4.78, 5) is 9.79. The fourth-order valence-electron chi connectivity index (χ4n) is 0.288. The number of hydrogen-bond donors (Lipinski definition) is 1. The van der Waals surface area contributed by atoms with E-state index < -0.39 is 0 Å². The molecule has 3 heteroatoms. The maximum absolute atomic E-state index is 9.79. The molecule has 1 radical (unpaired) electrons. The fourth-order valence-corrected chi connectivity index (χ4v) is 0.288. The molecule has 0 heterocycles. The number of hydrogen-bond acceptors (Lipinski definition) is 1. The van der Waals surface area contributed by atoms with E-state index in [9.17, 15) is 4.79 Å². The minimum Gasteiger partial charge on any atom is -0.551 e. The predicted octanol–water partition coefficient (Wildman–Crippen LogP) is 0.889. The minimum atomic E-state index is -0.0602. The van der Waals surface area contributed by atoms with E-state index in [4.69, 9.17) is 0 Å². The molecule has 0 spiro atoms. The summed E-state index contributed by atoms with van der Waals surface area (Å²) in [5.74, 6) is 0. The van der Waals surface area contributed by atoms with E-state index in [1.807, 2.05) is 20.8 Å². The summed E-state index contributed by atoms with van der Waals surface area (Å²) in [6.07, 6.45) is 1.61. The molecule has 57 valence electrons. The van der Waals surface area contributed by atoms with Crippen LogP contribution in [0.1, 0.15) is 20.8 Å². The van der Waals surface area contributed by atoms with Crippen LogP contribution >= 0.6 is 0 Å². The van der Waals surface area contributed by atoms with Gasteiger partial charge >= 0.3 is 0 Å². The summed E-state index contributed by atoms with van der Waals surface area (Å²) in [5.41, 5.74) is 0.0252. The Kier molecular flexibility index (Phi) is 6.93. The van der Waals surface area contributed by atoms with Crippen molar-refractivity contribution in [2.75, 3.05) is 0 Å². The Morgan fingerprint density at radius 3 is 2.00 bits per heavy atom. The van der Waals surface area contributed by atoms with Gasteiger partial charge in [0.2, 0.25) is 0 Å². The van der Waals surface area contributed by atoms with Crippen LogP contribution in [0.5, 0.6) is 0 Å². The van der Waals surface area contributed by atoms with Crippen LogP contribution in [-0.4, -0.2) is 12.5 Å². The van der Waals surface area contributed by atoms with Crippen LogP contribution < -0.4 is 5.32 Å². The molecule has 2 nitrogen and oxygen atoms in total. The standard InChI is InChI=1S/C7H13NO.Y/c1-6(8-5-9)7(2,3)4;/h6H,1H2,2-4H3,(H,8,9);/q-2;. The number of rotatable bonds is 2. The second kappa shape index (κ2) is 5.25. The van der Waals surface area contributed by atoms with Crippen LogP contribution in [0.25, 0.3) is 0 Å². The first kappa shape index (κ1) is 13.2. The maximum Gasteiger partial charge on any atom is 0 e. The van der Waals surface area contributed by atoms with Gasteiger partial charge in [-0.05, 0) is 5.41 Å². The maximum atomic E-state index is 9.79. The zero-order valence-corrected chi connectivity index (χ0v) is 9.61. The molecular weight excluding hydrogens is 203 g/mol. The van der Waals surface area contributed by atoms with Crippen molar-refractivity contribution in [1.29, 1.82) is 0 Å². The van der Waals surface area contributed by atoms with Crippen LogP contribution in [0.15, 0.2) is 0 Å². The molecule has 0 aliphatic heterocycles. The molecule has 1 N–H and O–H groups in total. The van der Waals surface area contributed by atoms with Gasteiger partial charge in [0.05, 0.1) is 0 Å². The molecule has 1 amide bonds. The van der Waals surface area contributed by atoms with Gasteiger partial charge in [0, 0.05) is 32.7 Å². The second-order valence-corrected chi connectivity index (χ2v) is 3.17. The minimum absolute atomic E-state index is 0. The molecule has 1 unspecified atom stereocenters. The predicted molar refractivity (Wildman–Crippen MR) is 37.4 cm³/mol. The molecule has 1 atom stereocenters. The molecule has 0 saturated carbocycles. The average molecular weight is 216 g/mol. The van der Waals surface area contributed by atoms with Gasteiger partial charge in [0.25, 0.3) is 0 Å². The first-order valence-corrected chi connectivity index (χ1v) is 2.94. The molecule has 0 rings (SSSR count). The Morgan fingerprint density at radius 2 is 1.90 bits per heavy atom. The van der Waals surface area contributed by atoms with E-state index in [1.165, 1.54) is 0 Å². The molecule has 0 fully saturated rings. The van der Waals surface area contributed by atoms with Gasteiger partial charge in [-0.15, -0.1) is 6.04 Å². The molecule has 0 aliphatic carbocycles. The first-order valence-electron chi connectivity index (χ1n) is 2.94. The van der Waals surface area contributed by atoms with E-state index in [1.54, 1.807) is 6.41 Å². The van der Waals surface area contributed by atoms with Crippen molar-refractivity contribution >= 4 is 6.41 Å². The Labute approximate surface area is 88.0 Å². The van der Waals surface area contributed by atoms with E-state index in [0.717, 1.165) is 0 Å². The van der Waals surface area contributed by atoms with E-state index in [2.05, 4.69) is 12.2 Å². The largest absolute Gasteiger partial charge is 0.551 e. The first-order chi connectivity index (χ1) is 3.98. The summed E-state index contributed by atoms with van der Waals surface area (Å²) < 4.78 is 0. The van der Waals surface area contributed by atoms with Crippen LogP contribution in [0.4, 0.5) is 0 Å². The molecular formula is C7H13NOY-2. The number of nitrogens with one attached hydrogen (secondary N) is 1. The molecule has 0 saturated heterocycles. The SMILES string of the molecule is [CH2-]C(N[C-]=O)C(C)(C)C.[Y]. The third kappa shape index (κ3) is 5.37. The van der Waals surface area contributed by atoms with Gasteiger partial charge in [0.15, 0.2) is 0 Å². The van der Waals surface area contributed by atoms with Crippen molar-refractivity contribution in [3.05, 3.63) is 6.92 Å². The number of carbonyl (C=O) groups excluding carboxylic acids is 1. The van der Waals surface area contributed by atoms with Crippen LogP contribution in [-0.2, 0) is 37.5 Å². The van der Waals surface area contributed by atoms with Crippen molar-refractivity contribution < 1.29 is 37.5 Å². The fraction of sp³-hybridized carbons (Fsp3) is 0.714. The zero-order chi connectivity index (χ0) is 7.49. The summed E-state index contributed by atoms with van der Waals surface area (Å²) in [6.45, 7) is 9.75. The average Bonchev–Trinajstić information content (AvgIpc) is 1.64. The van der Waals surface area contributed by atoms with E-state index in [0.29, 0.717) is 0 Å². The number of amides is 1. The summed E-state index contributed by atoms with van der Waals surface area (Å²) in [6, 6.07) is -0.0602. The van der Waals surface area contributed by atoms with Gasteiger partial charge in [-0.1, -0.05) is 20.8 Å². The summed E-state index contributed by atoms with van der Waals surface area (Å²) in [5, 5.41) is 2.47. The normalized spacial score (nSPS) is 13.2. The van der Waals surface area contributed by atoms with Crippen LogP contribution in [0.2, 0.25) is 0 Å².